The maximum Gasteiger partial charge on any atom is 0.337 e. The van der Waals surface area contributed by atoms with Crippen molar-refractivity contribution >= 4 is 11.9 Å². The highest BCUT2D eigenvalue weighted by molar-refractivity contribution is 5.92. The van der Waals surface area contributed by atoms with E-state index < -0.39 is 6.29 Å². The number of carbonyl (C=O) groups excluding carboxylic acids is 2. The molecule has 0 spiro atoms. The number of rotatable bonds is 9. The molecule has 0 aromatic heterocycles. The van der Waals surface area contributed by atoms with Crippen molar-refractivity contribution in [3.63, 3.8) is 0 Å². The molecule has 180 valence electrons. The monoisotopic (exact) mass is 457 g/mol. The van der Waals surface area contributed by atoms with Gasteiger partial charge in [-0.2, -0.15) is 0 Å². The van der Waals surface area contributed by atoms with Crippen LogP contribution in [0, 0.1) is 17.8 Å². The summed E-state index contributed by atoms with van der Waals surface area (Å²) in [5, 5.41) is 12.6. The molecule has 0 radical (unpaired) electrons. The van der Waals surface area contributed by atoms with Crippen molar-refractivity contribution < 1.29 is 28.9 Å². The van der Waals surface area contributed by atoms with Crippen molar-refractivity contribution in [2.75, 3.05) is 20.3 Å². The molecule has 2 N–H and O–H groups in total. The highest BCUT2D eigenvalue weighted by Crippen LogP contribution is 2.45. The van der Waals surface area contributed by atoms with Gasteiger partial charge in [0.05, 0.1) is 12.7 Å². The molecule has 7 nitrogen and oxygen atoms in total. The van der Waals surface area contributed by atoms with Gasteiger partial charge < -0.3 is 24.6 Å². The summed E-state index contributed by atoms with van der Waals surface area (Å²) in [5.41, 5.74) is 1.43. The maximum absolute atomic E-state index is 13.2. The summed E-state index contributed by atoms with van der Waals surface area (Å²) in [7, 11) is 1.36. The van der Waals surface area contributed by atoms with Crippen molar-refractivity contribution in [3.05, 3.63) is 47.2 Å². The summed E-state index contributed by atoms with van der Waals surface area (Å²) in [6.45, 7) is 2.43. The van der Waals surface area contributed by atoms with Gasteiger partial charge in [-0.1, -0.05) is 18.6 Å². The Kier molecular flexibility index (Phi) is 7.71. The summed E-state index contributed by atoms with van der Waals surface area (Å²) < 4.78 is 16.8. The normalized spacial score (nSPS) is 30.5. The number of amides is 1. The van der Waals surface area contributed by atoms with E-state index in [1.165, 1.54) is 26.4 Å². The number of fused-ring (bicyclic) bond motifs is 2. The molecule has 6 atom stereocenters. The SMILES string of the molecule is CCO[C@@H]1OC(C(=O)NC2CC3CCC2C3)=C[C@H](c2ccc(C(=O)OC)cc2)[C@H]1CCCO. The number of hydrogen-bond acceptors (Lipinski definition) is 6. The summed E-state index contributed by atoms with van der Waals surface area (Å²) >= 11 is 0. The molecular weight excluding hydrogens is 422 g/mol. The molecule has 7 heteroatoms. The zero-order valence-corrected chi connectivity index (χ0v) is 19.5. The lowest BCUT2D eigenvalue weighted by atomic mass is 9.80. The van der Waals surface area contributed by atoms with Crippen LogP contribution < -0.4 is 5.32 Å². The van der Waals surface area contributed by atoms with Gasteiger partial charge in [-0.15, -0.1) is 0 Å². The van der Waals surface area contributed by atoms with Crippen LogP contribution in [-0.4, -0.2) is 49.6 Å². The minimum Gasteiger partial charge on any atom is -0.465 e. The Labute approximate surface area is 195 Å². The fourth-order valence-corrected chi connectivity index (χ4v) is 5.77. The quantitative estimate of drug-likeness (QED) is 0.551. The zero-order chi connectivity index (χ0) is 23.4. The molecule has 1 aromatic carbocycles. The Morgan fingerprint density at radius 1 is 1.18 bits per heavy atom. The van der Waals surface area contributed by atoms with Crippen LogP contribution in [0.3, 0.4) is 0 Å². The molecule has 3 aliphatic rings. The molecule has 0 saturated heterocycles. The van der Waals surface area contributed by atoms with Crippen LogP contribution in [0.25, 0.3) is 0 Å². The number of nitrogens with one attached hydrogen (secondary N) is 1. The fraction of sp³-hybridized carbons (Fsp3) is 0.615. The predicted octanol–water partition coefficient (Wildman–Crippen LogP) is 3.53. The van der Waals surface area contributed by atoms with Gasteiger partial charge in [0, 0.05) is 31.1 Å². The second kappa shape index (κ2) is 10.7. The Hall–Kier alpha value is -2.38. The lowest BCUT2D eigenvalue weighted by Gasteiger charge is -2.37. The number of aliphatic hydroxyl groups is 1. The third-order valence-corrected chi connectivity index (χ3v) is 7.41. The molecule has 3 unspecified atom stereocenters. The van der Waals surface area contributed by atoms with Crippen LogP contribution in [0.5, 0.6) is 0 Å². The Morgan fingerprint density at radius 2 is 1.97 bits per heavy atom. The third kappa shape index (κ3) is 5.25. The fourth-order valence-electron chi connectivity index (χ4n) is 5.77. The van der Waals surface area contributed by atoms with Crippen LogP contribution in [0.4, 0.5) is 0 Å². The minimum absolute atomic E-state index is 0.0693. The van der Waals surface area contributed by atoms with Crippen LogP contribution >= 0.6 is 0 Å². The van der Waals surface area contributed by atoms with Crippen LogP contribution in [0.2, 0.25) is 0 Å². The van der Waals surface area contributed by atoms with E-state index in [0.29, 0.717) is 36.7 Å². The number of esters is 1. The summed E-state index contributed by atoms with van der Waals surface area (Å²) in [4.78, 5) is 25.0. The average Bonchev–Trinajstić information content (AvgIpc) is 3.46. The van der Waals surface area contributed by atoms with E-state index in [2.05, 4.69) is 5.32 Å². The van der Waals surface area contributed by atoms with Gasteiger partial charge in [0.15, 0.2) is 5.76 Å². The topological polar surface area (TPSA) is 94.1 Å². The number of allylic oxidation sites excluding steroid dienone is 1. The first-order chi connectivity index (χ1) is 16.0. The van der Waals surface area contributed by atoms with Gasteiger partial charge in [0.25, 0.3) is 5.91 Å². The Bertz CT molecular complexity index is 866. The number of carbonyl (C=O) groups is 2. The lowest BCUT2D eigenvalue weighted by Crippen LogP contribution is -2.43. The lowest BCUT2D eigenvalue weighted by molar-refractivity contribution is -0.167. The standard InChI is InChI=1S/C26H35NO6/c1-3-32-26-20(5-4-12-28)21(17-8-10-18(11-9-17)25(30)31-2)15-23(33-26)24(29)27-22-14-16-6-7-19(22)13-16/h8-11,15-16,19-22,26,28H,3-7,12-14H2,1-2H3,(H,27,29)/t16?,19?,20-,21-,22?,26-/m1/s1. The van der Waals surface area contributed by atoms with E-state index in [-0.39, 0.29) is 36.4 Å². The first-order valence-corrected chi connectivity index (χ1v) is 12.1. The Morgan fingerprint density at radius 3 is 2.58 bits per heavy atom. The molecule has 1 aliphatic heterocycles. The largest absolute Gasteiger partial charge is 0.465 e. The first kappa shape index (κ1) is 23.8. The van der Waals surface area contributed by atoms with Crippen molar-refractivity contribution in [2.45, 2.75) is 63.7 Å². The summed E-state index contributed by atoms with van der Waals surface area (Å²) in [6, 6.07) is 7.46. The van der Waals surface area contributed by atoms with Crippen molar-refractivity contribution in [1.82, 2.24) is 5.32 Å². The van der Waals surface area contributed by atoms with E-state index in [1.807, 2.05) is 25.1 Å². The number of hydrogen-bond donors (Lipinski definition) is 2. The molecule has 1 aromatic rings. The van der Waals surface area contributed by atoms with Crippen LogP contribution in [0.15, 0.2) is 36.1 Å². The number of methoxy groups -OCH3 is 1. The number of benzene rings is 1. The summed E-state index contributed by atoms with van der Waals surface area (Å²) in [6.07, 6.45) is 7.32. The minimum atomic E-state index is -0.586. The van der Waals surface area contributed by atoms with E-state index in [0.717, 1.165) is 17.9 Å². The van der Waals surface area contributed by atoms with Gasteiger partial charge in [0.1, 0.15) is 0 Å². The molecule has 2 bridgehead atoms. The highest BCUT2D eigenvalue weighted by Gasteiger charge is 2.42. The predicted molar refractivity (Wildman–Crippen MR) is 122 cm³/mol. The zero-order valence-electron chi connectivity index (χ0n) is 19.5. The molecule has 1 amide bonds. The molecule has 2 fully saturated rings. The van der Waals surface area contributed by atoms with Crippen LogP contribution in [-0.2, 0) is 19.0 Å². The second-order valence-corrected chi connectivity index (χ2v) is 9.40. The smallest absolute Gasteiger partial charge is 0.337 e. The highest BCUT2D eigenvalue weighted by atomic mass is 16.7. The molecule has 2 saturated carbocycles. The first-order valence-electron chi connectivity index (χ1n) is 12.1. The molecule has 4 rings (SSSR count). The molecule has 2 aliphatic carbocycles. The van der Waals surface area contributed by atoms with Gasteiger partial charge in [-0.3, -0.25) is 4.79 Å². The van der Waals surface area contributed by atoms with Crippen molar-refractivity contribution in [1.29, 1.82) is 0 Å². The van der Waals surface area contributed by atoms with E-state index in [1.54, 1.807) is 12.1 Å². The van der Waals surface area contributed by atoms with Crippen LogP contribution in [0.1, 0.15) is 67.3 Å². The Balaban J connectivity index is 1.59. The van der Waals surface area contributed by atoms with E-state index in [4.69, 9.17) is 14.2 Å². The molecule has 1 heterocycles. The van der Waals surface area contributed by atoms with Crippen molar-refractivity contribution in [2.24, 2.45) is 17.8 Å². The maximum atomic E-state index is 13.2. The number of aliphatic hydroxyl groups excluding tert-OH is 1. The van der Waals surface area contributed by atoms with Gasteiger partial charge in [-0.25, -0.2) is 4.79 Å². The van der Waals surface area contributed by atoms with Crippen molar-refractivity contribution in [3.8, 4) is 0 Å². The van der Waals surface area contributed by atoms with Gasteiger partial charge in [0.2, 0.25) is 6.29 Å². The second-order valence-electron chi connectivity index (χ2n) is 9.40. The summed E-state index contributed by atoms with van der Waals surface area (Å²) in [5.74, 6) is 0.812. The average molecular weight is 458 g/mol. The van der Waals surface area contributed by atoms with E-state index >= 15 is 0 Å². The van der Waals surface area contributed by atoms with Gasteiger partial charge >= 0.3 is 5.97 Å². The van der Waals surface area contributed by atoms with E-state index in [9.17, 15) is 14.7 Å². The molecular formula is C26H35NO6. The van der Waals surface area contributed by atoms with Gasteiger partial charge in [-0.05, 0) is 74.6 Å². The molecule has 33 heavy (non-hydrogen) atoms. The third-order valence-electron chi connectivity index (χ3n) is 7.41. The number of ether oxygens (including phenoxy) is 3.